The van der Waals surface area contributed by atoms with E-state index in [1.54, 1.807) is 0 Å². The summed E-state index contributed by atoms with van der Waals surface area (Å²) < 4.78 is 0. The molecule has 3 aliphatic carbocycles. The van der Waals surface area contributed by atoms with Crippen LogP contribution in [0, 0.1) is 35.5 Å². The Bertz CT molecular complexity index is 455. The highest BCUT2D eigenvalue weighted by Gasteiger charge is 2.64. The number of hydrogen-bond acceptors (Lipinski definition) is 0. The largest absolute Gasteiger partial charge is 0.115 e. The molecule has 0 amide bonds. The molecule has 1 saturated carbocycles. The van der Waals surface area contributed by atoms with Crippen molar-refractivity contribution in [2.75, 3.05) is 0 Å². The number of allylic oxidation sites excluding steroid dienone is 6. The molecule has 0 nitrogen and oxygen atoms in total. The highest BCUT2D eigenvalue weighted by Crippen LogP contribution is 2.71. The molecule has 2 atom stereocenters. The summed E-state index contributed by atoms with van der Waals surface area (Å²) in [5.41, 5.74) is 2.28. The summed E-state index contributed by atoms with van der Waals surface area (Å²) in [5.74, 6) is 5.62. The highest BCUT2D eigenvalue weighted by atomic mass is 14.6. The van der Waals surface area contributed by atoms with E-state index in [2.05, 4.69) is 36.1 Å². The zero-order valence-electron chi connectivity index (χ0n) is 8.59. The minimum atomic E-state index is 0.0816. The SMILES string of the molecule is C#CC1=C(C#C)[C@]23C=CC=C[C@]12CCC3. The molecule has 0 aromatic carbocycles. The first-order valence-corrected chi connectivity index (χ1v) is 5.36. The van der Waals surface area contributed by atoms with Gasteiger partial charge in [-0.15, -0.1) is 12.8 Å². The smallest absolute Gasteiger partial charge is 0.0362 e. The third kappa shape index (κ3) is 0.671. The molecule has 3 aliphatic rings. The molecule has 72 valence electrons. The predicted molar refractivity (Wildman–Crippen MR) is 61.7 cm³/mol. The first-order valence-electron chi connectivity index (χ1n) is 5.36. The molecule has 0 radical (unpaired) electrons. The first kappa shape index (κ1) is 8.63. The lowest BCUT2D eigenvalue weighted by molar-refractivity contribution is 0.232. The van der Waals surface area contributed by atoms with Crippen molar-refractivity contribution in [1.29, 1.82) is 0 Å². The lowest BCUT2D eigenvalue weighted by Crippen LogP contribution is -2.48. The number of rotatable bonds is 0. The van der Waals surface area contributed by atoms with Gasteiger partial charge in [-0.2, -0.15) is 0 Å². The molecule has 0 saturated heterocycles. The Kier molecular flexibility index (Phi) is 1.42. The maximum absolute atomic E-state index is 5.59. The summed E-state index contributed by atoms with van der Waals surface area (Å²) in [6.07, 6.45) is 23.4. The molecule has 0 heteroatoms. The van der Waals surface area contributed by atoms with E-state index in [0.29, 0.717) is 0 Å². The van der Waals surface area contributed by atoms with Crippen LogP contribution >= 0.6 is 0 Å². The molecule has 0 N–H and O–H groups in total. The minimum absolute atomic E-state index is 0.0816. The predicted octanol–water partition coefficient (Wildman–Crippen LogP) is 2.85. The Labute approximate surface area is 90.8 Å². The number of terminal acetylenes is 2. The van der Waals surface area contributed by atoms with E-state index in [1.165, 1.54) is 6.42 Å². The van der Waals surface area contributed by atoms with Crippen LogP contribution in [0.4, 0.5) is 0 Å². The Morgan fingerprint density at radius 3 is 1.80 bits per heavy atom. The molecule has 0 aromatic rings. The zero-order valence-corrected chi connectivity index (χ0v) is 8.59. The molecule has 0 heterocycles. The summed E-state index contributed by atoms with van der Waals surface area (Å²) in [6, 6.07) is 0. The van der Waals surface area contributed by atoms with Crippen LogP contribution in [0.2, 0.25) is 0 Å². The fourth-order valence-electron chi connectivity index (χ4n) is 3.64. The van der Waals surface area contributed by atoms with E-state index in [9.17, 15) is 0 Å². The van der Waals surface area contributed by atoms with E-state index in [4.69, 9.17) is 12.8 Å². The van der Waals surface area contributed by atoms with Gasteiger partial charge in [0.1, 0.15) is 0 Å². The minimum Gasteiger partial charge on any atom is -0.115 e. The van der Waals surface area contributed by atoms with Crippen LogP contribution in [-0.2, 0) is 0 Å². The molecule has 0 bridgehead atoms. The molecule has 3 rings (SSSR count). The van der Waals surface area contributed by atoms with Gasteiger partial charge >= 0.3 is 0 Å². The van der Waals surface area contributed by atoms with Crippen LogP contribution in [0.5, 0.6) is 0 Å². The van der Waals surface area contributed by atoms with E-state index in [1.807, 2.05) is 0 Å². The topological polar surface area (TPSA) is 0 Å². The van der Waals surface area contributed by atoms with E-state index in [0.717, 1.165) is 24.0 Å². The molecule has 1 fully saturated rings. The van der Waals surface area contributed by atoms with Crippen LogP contribution in [0.15, 0.2) is 35.5 Å². The van der Waals surface area contributed by atoms with Crippen molar-refractivity contribution in [3.8, 4) is 24.7 Å². The summed E-state index contributed by atoms with van der Waals surface area (Å²) in [4.78, 5) is 0. The number of hydrogen-bond donors (Lipinski definition) is 0. The Morgan fingerprint density at radius 2 is 1.40 bits per heavy atom. The van der Waals surface area contributed by atoms with Gasteiger partial charge in [0.25, 0.3) is 0 Å². The maximum atomic E-state index is 5.59. The average Bonchev–Trinajstić information content (AvgIpc) is 2.58. The standard InChI is InChI=1S/C15H12/c1-3-12-13(4-2)15-9-6-5-8-14(12,15)10-7-11-15/h1-2,5-6,8-9H,7,10-11H2/t14-,15+. The van der Waals surface area contributed by atoms with Gasteiger partial charge in [-0.05, 0) is 12.8 Å². The summed E-state index contributed by atoms with van der Waals surface area (Å²) >= 11 is 0. The second-order valence-corrected chi connectivity index (χ2v) is 4.55. The fraction of sp³-hybridized carbons (Fsp3) is 0.333. The normalized spacial score (nSPS) is 40.1. The van der Waals surface area contributed by atoms with Gasteiger partial charge in [0.2, 0.25) is 0 Å². The van der Waals surface area contributed by atoms with Gasteiger partial charge in [0.05, 0.1) is 0 Å². The zero-order chi connectivity index (χ0) is 10.5. The second kappa shape index (κ2) is 2.47. The lowest BCUT2D eigenvalue weighted by atomic mass is 9.47. The van der Waals surface area contributed by atoms with Crippen LogP contribution < -0.4 is 0 Å². The Hall–Kier alpha value is -1.66. The average molecular weight is 192 g/mol. The van der Waals surface area contributed by atoms with Crippen LogP contribution in [0.25, 0.3) is 0 Å². The van der Waals surface area contributed by atoms with Crippen molar-refractivity contribution in [3.63, 3.8) is 0 Å². The second-order valence-electron chi connectivity index (χ2n) is 4.55. The van der Waals surface area contributed by atoms with Crippen LogP contribution in [-0.4, -0.2) is 0 Å². The molecule has 0 aliphatic heterocycles. The van der Waals surface area contributed by atoms with Crippen LogP contribution in [0.3, 0.4) is 0 Å². The summed E-state index contributed by atoms with van der Waals surface area (Å²) in [6.45, 7) is 0. The Morgan fingerprint density at radius 1 is 0.933 bits per heavy atom. The molecule has 0 unspecified atom stereocenters. The molecule has 15 heavy (non-hydrogen) atoms. The van der Waals surface area contributed by atoms with E-state index in [-0.39, 0.29) is 10.8 Å². The third-order valence-corrected chi connectivity index (χ3v) is 4.24. The van der Waals surface area contributed by atoms with Gasteiger partial charge in [0, 0.05) is 22.0 Å². The molecule has 0 spiro atoms. The summed E-state index contributed by atoms with van der Waals surface area (Å²) in [7, 11) is 0. The van der Waals surface area contributed by atoms with Crippen molar-refractivity contribution in [2.45, 2.75) is 19.3 Å². The van der Waals surface area contributed by atoms with Gasteiger partial charge in [-0.25, -0.2) is 0 Å². The fourth-order valence-corrected chi connectivity index (χ4v) is 3.64. The highest BCUT2D eigenvalue weighted by molar-refractivity contribution is 5.67. The van der Waals surface area contributed by atoms with Gasteiger partial charge in [-0.1, -0.05) is 42.6 Å². The van der Waals surface area contributed by atoms with E-state index >= 15 is 0 Å². The molecular weight excluding hydrogens is 180 g/mol. The maximum Gasteiger partial charge on any atom is 0.0362 e. The van der Waals surface area contributed by atoms with Crippen molar-refractivity contribution in [2.24, 2.45) is 10.8 Å². The molecular formula is C15H12. The van der Waals surface area contributed by atoms with Gasteiger partial charge < -0.3 is 0 Å². The van der Waals surface area contributed by atoms with Crippen molar-refractivity contribution < 1.29 is 0 Å². The first-order chi connectivity index (χ1) is 7.31. The van der Waals surface area contributed by atoms with Gasteiger partial charge in [0.15, 0.2) is 0 Å². The Balaban J connectivity index is 2.31. The van der Waals surface area contributed by atoms with Crippen molar-refractivity contribution >= 4 is 0 Å². The monoisotopic (exact) mass is 192 g/mol. The third-order valence-electron chi connectivity index (χ3n) is 4.24. The van der Waals surface area contributed by atoms with Crippen molar-refractivity contribution in [1.82, 2.24) is 0 Å². The van der Waals surface area contributed by atoms with E-state index < -0.39 is 0 Å². The van der Waals surface area contributed by atoms with Gasteiger partial charge in [-0.3, -0.25) is 0 Å². The molecule has 0 aromatic heterocycles. The van der Waals surface area contributed by atoms with Crippen molar-refractivity contribution in [3.05, 3.63) is 35.5 Å². The quantitative estimate of drug-likeness (QED) is 0.518. The van der Waals surface area contributed by atoms with Crippen LogP contribution in [0.1, 0.15) is 19.3 Å². The lowest BCUT2D eigenvalue weighted by Gasteiger charge is -2.53. The summed E-state index contributed by atoms with van der Waals surface area (Å²) in [5, 5.41) is 0.